The zero-order valence-electron chi connectivity index (χ0n) is 13.0. The second-order valence-electron chi connectivity index (χ2n) is 4.97. The number of azo groups is 1. The molecule has 2 N–H and O–H groups in total. The number of hydrogen-bond donors (Lipinski definition) is 2. The van der Waals surface area contributed by atoms with Crippen molar-refractivity contribution in [2.45, 2.75) is 18.2 Å². The molecule has 0 bridgehead atoms. The van der Waals surface area contributed by atoms with Crippen molar-refractivity contribution in [3.63, 3.8) is 0 Å². The Kier molecular flexibility index (Phi) is 5.78. The predicted octanol–water partition coefficient (Wildman–Crippen LogP) is 3.49. The van der Waals surface area contributed by atoms with Crippen molar-refractivity contribution in [2.24, 2.45) is 10.2 Å². The van der Waals surface area contributed by atoms with E-state index in [0.29, 0.717) is 23.5 Å². The third-order valence-electron chi connectivity index (χ3n) is 3.08. The number of carbonyl (C=O) groups excluding carboxylic acids is 1. The van der Waals surface area contributed by atoms with Gasteiger partial charge in [-0.05, 0) is 55.0 Å². The molecular weight excluding hydrogens is 330 g/mol. The molecule has 2 rings (SSSR count). The molecule has 24 heavy (non-hydrogen) atoms. The highest BCUT2D eigenvalue weighted by Gasteiger charge is 2.08. The van der Waals surface area contributed by atoms with Gasteiger partial charge >= 0.3 is 0 Å². The van der Waals surface area contributed by atoms with Crippen LogP contribution in [0.5, 0.6) is 0 Å². The van der Waals surface area contributed by atoms with Gasteiger partial charge in [0.25, 0.3) is 16.0 Å². The second-order valence-corrected chi connectivity index (χ2v) is 6.39. The molecule has 0 saturated heterocycles. The summed E-state index contributed by atoms with van der Waals surface area (Å²) in [6, 6.07) is 12.0. The Balaban J connectivity index is 2.05. The molecule has 0 aromatic heterocycles. The summed E-state index contributed by atoms with van der Waals surface area (Å²) in [5.41, 5.74) is 1.54. The standard InChI is InChI=1S/C16H17N3O4S/c1-2-11-17-16(20)12-3-5-13(6-4-12)18-19-14-7-9-15(10-8-14)24(21,22)23/h3-10H,2,11H2,1H3,(H,17,20)(H,21,22,23)/b19-18+. The third kappa shape index (κ3) is 4.97. The van der Waals surface area contributed by atoms with Crippen LogP contribution in [0.1, 0.15) is 23.7 Å². The van der Waals surface area contributed by atoms with Crippen LogP contribution in [0.3, 0.4) is 0 Å². The first kappa shape index (κ1) is 17.8. The maximum Gasteiger partial charge on any atom is 0.294 e. The number of carbonyl (C=O) groups is 1. The molecule has 0 radical (unpaired) electrons. The van der Waals surface area contributed by atoms with E-state index in [1.165, 1.54) is 24.3 Å². The molecule has 7 nitrogen and oxygen atoms in total. The molecule has 126 valence electrons. The van der Waals surface area contributed by atoms with Gasteiger partial charge in [-0.3, -0.25) is 9.35 Å². The Morgan fingerprint density at radius 2 is 1.50 bits per heavy atom. The van der Waals surface area contributed by atoms with E-state index in [1.807, 2.05) is 6.92 Å². The van der Waals surface area contributed by atoms with Gasteiger partial charge in [-0.1, -0.05) is 6.92 Å². The lowest BCUT2D eigenvalue weighted by atomic mass is 10.2. The van der Waals surface area contributed by atoms with Crippen LogP contribution in [-0.4, -0.2) is 25.4 Å². The van der Waals surface area contributed by atoms with Gasteiger partial charge in [-0.15, -0.1) is 0 Å². The van der Waals surface area contributed by atoms with Crippen molar-refractivity contribution in [2.75, 3.05) is 6.54 Å². The summed E-state index contributed by atoms with van der Waals surface area (Å²) < 4.78 is 30.8. The fraction of sp³-hybridized carbons (Fsp3) is 0.188. The van der Waals surface area contributed by atoms with E-state index in [0.717, 1.165) is 6.42 Å². The molecular formula is C16H17N3O4S. The molecule has 0 atom stereocenters. The maximum atomic E-state index is 11.8. The smallest absolute Gasteiger partial charge is 0.294 e. The fourth-order valence-corrected chi connectivity index (χ4v) is 2.30. The van der Waals surface area contributed by atoms with Gasteiger partial charge in [0.1, 0.15) is 0 Å². The van der Waals surface area contributed by atoms with E-state index < -0.39 is 10.1 Å². The van der Waals surface area contributed by atoms with Crippen molar-refractivity contribution in [3.8, 4) is 0 Å². The lowest BCUT2D eigenvalue weighted by molar-refractivity contribution is 0.0953. The molecule has 0 saturated carbocycles. The van der Waals surface area contributed by atoms with E-state index in [4.69, 9.17) is 4.55 Å². The summed E-state index contributed by atoms with van der Waals surface area (Å²) in [5, 5.41) is 10.8. The van der Waals surface area contributed by atoms with Crippen molar-refractivity contribution in [1.29, 1.82) is 0 Å². The zero-order chi connectivity index (χ0) is 17.6. The number of hydrogen-bond acceptors (Lipinski definition) is 5. The first-order chi connectivity index (χ1) is 11.4. The molecule has 0 aliphatic carbocycles. The number of nitrogens with one attached hydrogen (secondary N) is 1. The Labute approximate surface area is 140 Å². The highest BCUT2D eigenvalue weighted by molar-refractivity contribution is 7.85. The highest BCUT2D eigenvalue weighted by Crippen LogP contribution is 2.20. The van der Waals surface area contributed by atoms with Crippen molar-refractivity contribution >= 4 is 27.4 Å². The van der Waals surface area contributed by atoms with Crippen LogP contribution < -0.4 is 5.32 Å². The lowest BCUT2D eigenvalue weighted by Gasteiger charge is -2.03. The average molecular weight is 347 g/mol. The molecule has 0 unspecified atom stereocenters. The minimum atomic E-state index is -4.22. The van der Waals surface area contributed by atoms with Gasteiger partial charge in [0, 0.05) is 12.1 Å². The summed E-state index contributed by atoms with van der Waals surface area (Å²) in [7, 11) is -4.22. The van der Waals surface area contributed by atoms with Crippen molar-refractivity contribution in [3.05, 3.63) is 54.1 Å². The van der Waals surface area contributed by atoms with Crippen LogP contribution in [0.15, 0.2) is 63.7 Å². The number of amides is 1. The first-order valence-electron chi connectivity index (χ1n) is 7.27. The van der Waals surface area contributed by atoms with Gasteiger partial charge in [-0.2, -0.15) is 18.6 Å². The third-order valence-corrected chi connectivity index (χ3v) is 3.95. The summed E-state index contributed by atoms with van der Waals surface area (Å²) in [4.78, 5) is 11.6. The van der Waals surface area contributed by atoms with Crippen LogP contribution in [0.2, 0.25) is 0 Å². The summed E-state index contributed by atoms with van der Waals surface area (Å²) >= 11 is 0. The topological polar surface area (TPSA) is 108 Å². The molecule has 2 aromatic rings. The van der Waals surface area contributed by atoms with E-state index in [2.05, 4.69) is 15.5 Å². The van der Waals surface area contributed by atoms with Crippen LogP contribution in [0.4, 0.5) is 11.4 Å². The predicted molar refractivity (Wildman–Crippen MR) is 89.5 cm³/mol. The van der Waals surface area contributed by atoms with Crippen LogP contribution in [-0.2, 0) is 10.1 Å². The van der Waals surface area contributed by atoms with Crippen LogP contribution in [0.25, 0.3) is 0 Å². The number of rotatable bonds is 6. The first-order valence-corrected chi connectivity index (χ1v) is 8.71. The molecule has 0 aliphatic rings. The number of nitrogens with zero attached hydrogens (tertiary/aromatic N) is 2. The maximum absolute atomic E-state index is 11.8. The van der Waals surface area contributed by atoms with Crippen molar-refractivity contribution in [1.82, 2.24) is 5.32 Å². The molecule has 2 aromatic carbocycles. The van der Waals surface area contributed by atoms with E-state index in [1.54, 1.807) is 24.3 Å². The molecule has 0 heterocycles. The van der Waals surface area contributed by atoms with Crippen LogP contribution in [0, 0.1) is 0 Å². The highest BCUT2D eigenvalue weighted by atomic mass is 32.2. The molecule has 0 fully saturated rings. The Morgan fingerprint density at radius 1 is 1.00 bits per heavy atom. The molecule has 0 aliphatic heterocycles. The van der Waals surface area contributed by atoms with E-state index in [-0.39, 0.29) is 10.8 Å². The molecule has 0 spiro atoms. The Bertz CT molecular complexity index is 829. The van der Waals surface area contributed by atoms with Gasteiger partial charge in [0.15, 0.2) is 0 Å². The summed E-state index contributed by atoms with van der Waals surface area (Å²) in [5.74, 6) is -0.138. The van der Waals surface area contributed by atoms with Gasteiger partial charge < -0.3 is 5.32 Å². The quantitative estimate of drug-likeness (QED) is 0.616. The summed E-state index contributed by atoms with van der Waals surface area (Å²) in [6.07, 6.45) is 0.869. The molecule has 8 heteroatoms. The van der Waals surface area contributed by atoms with Crippen molar-refractivity contribution < 1.29 is 17.8 Å². The Morgan fingerprint density at radius 3 is 1.96 bits per heavy atom. The monoisotopic (exact) mass is 347 g/mol. The lowest BCUT2D eigenvalue weighted by Crippen LogP contribution is -2.23. The zero-order valence-corrected chi connectivity index (χ0v) is 13.8. The van der Waals surface area contributed by atoms with Crippen LogP contribution >= 0.6 is 0 Å². The second kappa shape index (κ2) is 7.80. The normalized spacial score (nSPS) is 11.6. The largest absolute Gasteiger partial charge is 0.352 e. The average Bonchev–Trinajstić information content (AvgIpc) is 2.58. The Hall–Kier alpha value is -2.58. The van der Waals surface area contributed by atoms with Gasteiger partial charge in [-0.25, -0.2) is 0 Å². The van der Waals surface area contributed by atoms with E-state index >= 15 is 0 Å². The minimum Gasteiger partial charge on any atom is -0.352 e. The molecule has 1 amide bonds. The van der Waals surface area contributed by atoms with Gasteiger partial charge in [0.2, 0.25) is 0 Å². The SMILES string of the molecule is CCCNC(=O)c1ccc(/N=N/c2ccc(S(=O)(=O)O)cc2)cc1. The summed E-state index contributed by atoms with van der Waals surface area (Å²) in [6.45, 7) is 2.60. The van der Waals surface area contributed by atoms with Gasteiger partial charge in [0.05, 0.1) is 16.3 Å². The van der Waals surface area contributed by atoms with E-state index in [9.17, 15) is 13.2 Å². The minimum absolute atomic E-state index is 0.138. The fourth-order valence-electron chi connectivity index (χ4n) is 1.82. The number of benzene rings is 2.